The Labute approximate surface area is 120 Å². The summed E-state index contributed by atoms with van der Waals surface area (Å²) in [5, 5.41) is 3.35. The summed E-state index contributed by atoms with van der Waals surface area (Å²) in [5.74, 6) is 0.856. The summed E-state index contributed by atoms with van der Waals surface area (Å²) in [4.78, 5) is 17.0. The van der Waals surface area contributed by atoms with Crippen molar-refractivity contribution in [2.45, 2.75) is 46.1 Å². The lowest BCUT2D eigenvalue weighted by atomic mass is 9.73. The Morgan fingerprint density at radius 2 is 2.30 bits per heavy atom. The Balaban J connectivity index is 2.23. The van der Waals surface area contributed by atoms with Crippen LogP contribution >= 0.6 is 0 Å². The topological polar surface area (TPSA) is 51.2 Å². The number of hydrogen-bond donors (Lipinski definition) is 1. The molecular formula is C16H24N2O2. The smallest absolute Gasteiger partial charge is 0.171 e. The number of rotatable bonds is 5. The molecule has 0 aromatic carbocycles. The molecule has 1 saturated heterocycles. The molecule has 0 bridgehead atoms. The summed E-state index contributed by atoms with van der Waals surface area (Å²) in [6, 6.07) is 1.82. The summed E-state index contributed by atoms with van der Waals surface area (Å²) < 4.78 is 5.63. The maximum absolute atomic E-state index is 12.9. The first kappa shape index (κ1) is 15.0. The van der Waals surface area contributed by atoms with Gasteiger partial charge in [0, 0.05) is 23.7 Å². The van der Waals surface area contributed by atoms with Crippen LogP contribution in [0.25, 0.3) is 0 Å². The number of nitrogens with zero attached hydrogens (tertiary/aromatic N) is 1. The highest BCUT2D eigenvalue weighted by molar-refractivity contribution is 6.00. The van der Waals surface area contributed by atoms with Gasteiger partial charge in [-0.15, -0.1) is 0 Å². The Hall–Kier alpha value is -1.42. The van der Waals surface area contributed by atoms with Crippen LogP contribution in [0.5, 0.6) is 5.75 Å². The van der Waals surface area contributed by atoms with Gasteiger partial charge in [0.15, 0.2) is 5.78 Å². The number of ketones is 1. The second-order valence-electron chi connectivity index (χ2n) is 5.82. The van der Waals surface area contributed by atoms with E-state index in [-0.39, 0.29) is 17.3 Å². The van der Waals surface area contributed by atoms with Crippen molar-refractivity contribution in [2.24, 2.45) is 5.41 Å². The lowest BCUT2D eigenvalue weighted by Gasteiger charge is -2.35. The summed E-state index contributed by atoms with van der Waals surface area (Å²) in [5.41, 5.74) is 0.379. The van der Waals surface area contributed by atoms with Gasteiger partial charge < -0.3 is 10.1 Å². The molecule has 110 valence electrons. The fourth-order valence-electron chi connectivity index (χ4n) is 2.81. The zero-order valence-electron chi connectivity index (χ0n) is 12.6. The van der Waals surface area contributed by atoms with Crippen molar-refractivity contribution >= 4 is 5.78 Å². The summed E-state index contributed by atoms with van der Waals surface area (Å²) in [7, 11) is 0. The van der Waals surface area contributed by atoms with Crippen molar-refractivity contribution in [1.82, 2.24) is 10.3 Å². The molecule has 1 aliphatic heterocycles. The molecule has 1 aromatic rings. The maximum atomic E-state index is 12.9. The summed E-state index contributed by atoms with van der Waals surface area (Å²) >= 11 is 0. The van der Waals surface area contributed by atoms with E-state index in [0.29, 0.717) is 11.3 Å². The van der Waals surface area contributed by atoms with Gasteiger partial charge in [-0.05, 0) is 45.7 Å². The number of Topliss-reactive ketones (excluding diaryl/α,β-unsaturated/α-hetero) is 1. The van der Waals surface area contributed by atoms with E-state index in [0.717, 1.165) is 32.4 Å². The third kappa shape index (κ3) is 3.18. The molecular weight excluding hydrogens is 252 g/mol. The predicted octanol–water partition coefficient (Wildman–Crippen LogP) is 2.83. The molecule has 0 saturated carbocycles. The van der Waals surface area contributed by atoms with Crippen LogP contribution in [0.4, 0.5) is 0 Å². The minimum absolute atomic E-state index is 0.0821. The molecule has 1 N–H and O–H groups in total. The highest BCUT2D eigenvalue weighted by Crippen LogP contribution is 2.34. The first-order valence-electron chi connectivity index (χ1n) is 7.44. The molecule has 4 heteroatoms. The summed E-state index contributed by atoms with van der Waals surface area (Å²) in [6.07, 6.45) is 6.25. The van der Waals surface area contributed by atoms with Gasteiger partial charge in [0.1, 0.15) is 5.75 Å². The normalized spacial score (nSPS) is 22.8. The van der Waals surface area contributed by atoms with Crippen LogP contribution in [0.2, 0.25) is 0 Å². The number of nitrogens with one attached hydrogen (secondary N) is 1. The van der Waals surface area contributed by atoms with Crippen molar-refractivity contribution in [3.63, 3.8) is 0 Å². The van der Waals surface area contributed by atoms with E-state index in [2.05, 4.69) is 17.2 Å². The van der Waals surface area contributed by atoms with Gasteiger partial charge in [0.2, 0.25) is 0 Å². The molecule has 0 amide bonds. The SMILES string of the molecule is CCC1(C(=O)c2cncc(OC(C)C)c2)CCCNC1. The second-order valence-corrected chi connectivity index (χ2v) is 5.82. The lowest BCUT2D eigenvalue weighted by Crippen LogP contribution is -2.45. The van der Waals surface area contributed by atoms with Crippen LogP contribution in [0, 0.1) is 5.41 Å². The van der Waals surface area contributed by atoms with Crippen LogP contribution in [-0.2, 0) is 0 Å². The molecule has 1 atom stereocenters. The van der Waals surface area contributed by atoms with Gasteiger partial charge in [-0.3, -0.25) is 9.78 Å². The first-order chi connectivity index (χ1) is 9.57. The van der Waals surface area contributed by atoms with Crippen LogP contribution in [0.1, 0.15) is 50.4 Å². The number of aromatic nitrogens is 1. The molecule has 0 spiro atoms. The van der Waals surface area contributed by atoms with Crippen molar-refractivity contribution in [3.05, 3.63) is 24.0 Å². The third-order valence-corrected chi connectivity index (χ3v) is 3.98. The Bertz CT molecular complexity index is 465. The van der Waals surface area contributed by atoms with E-state index in [9.17, 15) is 4.79 Å². The Morgan fingerprint density at radius 3 is 2.90 bits per heavy atom. The number of carbonyl (C=O) groups is 1. The maximum Gasteiger partial charge on any atom is 0.171 e. The molecule has 2 heterocycles. The summed E-state index contributed by atoms with van der Waals surface area (Å²) in [6.45, 7) is 7.79. The number of ether oxygens (including phenoxy) is 1. The van der Waals surface area contributed by atoms with E-state index >= 15 is 0 Å². The van der Waals surface area contributed by atoms with Gasteiger partial charge in [-0.2, -0.15) is 0 Å². The number of piperidine rings is 1. The molecule has 0 radical (unpaired) electrons. The largest absolute Gasteiger partial charge is 0.489 e. The van der Waals surface area contributed by atoms with Crippen LogP contribution in [0.15, 0.2) is 18.5 Å². The quantitative estimate of drug-likeness (QED) is 0.840. The minimum atomic E-state index is -0.281. The van der Waals surface area contributed by atoms with Gasteiger partial charge in [0.05, 0.1) is 12.3 Å². The van der Waals surface area contributed by atoms with E-state index < -0.39 is 0 Å². The monoisotopic (exact) mass is 276 g/mol. The second kappa shape index (κ2) is 6.35. The van der Waals surface area contributed by atoms with Gasteiger partial charge in [-0.25, -0.2) is 0 Å². The average molecular weight is 276 g/mol. The standard InChI is InChI=1S/C16H24N2O2/c1-4-16(6-5-7-17-11-16)15(19)13-8-14(10-18-9-13)20-12(2)3/h8-10,12,17H,4-7,11H2,1-3H3. The molecule has 0 aliphatic carbocycles. The van der Waals surface area contributed by atoms with E-state index in [1.54, 1.807) is 12.4 Å². The zero-order chi connectivity index (χ0) is 14.6. The number of carbonyl (C=O) groups excluding carboxylic acids is 1. The number of pyridine rings is 1. The molecule has 2 rings (SSSR count). The third-order valence-electron chi connectivity index (χ3n) is 3.98. The van der Waals surface area contributed by atoms with Crippen molar-refractivity contribution in [1.29, 1.82) is 0 Å². The number of hydrogen-bond acceptors (Lipinski definition) is 4. The Kier molecular flexibility index (Phi) is 4.76. The van der Waals surface area contributed by atoms with Gasteiger partial charge >= 0.3 is 0 Å². The zero-order valence-corrected chi connectivity index (χ0v) is 12.6. The molecule has 1 aromatic heterocycles. The van der Waals surface area contributed by atoms with Crippen molar-refractivity contribution in [3.8, 4) is 5.75 Å². The predicted molar refractivity (Wildman–Crippen MR) is 79.2 cm³/mol. The fourth-order valence-corrected chi connectivity index (χ4v) is 2.81. The van der Waals surface area contributed by atoms with E-state index in [1.807, 2.05) is 19.9 Å². The van der Waals surface area contributed by atoms with Gasteiger partial charge in [0.25, 0.3) is 0 Å². The van der Waals surface area contributed by atoms with E-state index in [1.165, 1.54) is 0 Å². The molecule has 4 nitrogen and oxygen atoms in total. The highest BCUT2D eigenvalue weighted by Gasteiger charge is 2.38. The molecule has 1 unspecified atom stereocenters. The van der Waals surface area contributed by atoms with Crippen molar-refractivity contribution in [2.75, 3.05) is 13.1 Å². The average Bonchev–Trinajstić information content (AvgIpc) is 2.47. The Morgan fingerprint density at radius 1 is 1.50 bits per heavy atom. The highest BCUT2D eigenvalue weighted by atomic mass is 16.5. The molecule has 1 aliphatic rings. The first-order valence-corrected chi connectivity index (χ1v) is 7.44. The lowest BCUT2D eigenvalue weighted by molar-refractivity contribution is 0.0729. The molecule has 20 heavy (non-hydrogen) atoms. The minimum Gasteiger partial charge on any atom is -0.489 e. The van der Waals surface area contributed by atoms with E-state index in [4.69, 9.17) is 4.74 Å². The fraction of sp³-hybridized carbons (Fsp3) is 0.625. The van der Waals surface area contributed by atoms with Crippen LogP contribution in [-0.4, -0.2) is 30.0 Å². The van der Waals surface area contributed by atoms with Crippen LogP contribution < -0.4 is 10.1 Å². The van der Waals surface area contributed by atoms with Gasteiger partial charge in [-0.1, -0.05) is 6.92 Å². The molecule has 1 fully saturated rings. The van der Waals surface area contributed by atoms with Crippen LogP contribution in [0.3, 0.4) is 0 Å². The van der Waals surface area contributed by atoms with Crippen molar-refractivity contribution < 1.29 is 9.53 Å².